The minimum atomic E-state index is -0.677. The second kappa shape index (κ2) is 8.96. The highest BCUT2D eigenvalue weighted by Crippen LogP contribution is 2.04. The average Bonchev–Trinajstić information content (AvgIpc) is 2.47. The number of urea groups is 1. The van der Waals surface area contributed by atoms with Crippen LogP contribution in [-0.2, 0) is 16.0 Å². The average molecular weight is 278 g/mol. The highest BCUT2D eigenvalue weighted by molar-refractivity contribution is 5.83. The van der Waals surface area contributed by atoms with Crippen LogP contribution in [0.4, 0.5) is 4.79 Å². The topological polar surface area (TPSA) is 67.4 Å². The van der Waals surface area contributed by atoms with Crippen molar-refractivity contribution in [1.82, 2.24) is 10.6 Å². The maximum Gasteiger partial charge on any atom is 0.328 e. The summed E-state index contributed by atoms with van der Waals surface area (Å²) in [5.74, 6) is -0.445. The Morgan fingerprint density at radius 1 is 1.25 bits per heavy atom. The molecule has 1 atom stereocenters. The lowest BCUT2D eigenvalue weighted by Gasteiger charge is -2.17. The number of esters is 1. The molecule has 0 radical (unpaired) electrons. The molecule has 0 spiro atoms. The van der Waals surface area contributed by atoms with Gasteiger partial charge in [0, 0.05) is 13.0 Å². The summed E-state index contributed by atoms with van der Waals surface area (Å²) in [4.78, 5) is 23.4. The number of unbranched alkanes of at least 4 members (excludes halogenated alkanes) is 1. The van der Waals surface area contributed by atoms with Crippen LogP contribution < -0.4 is 10.6 Å². The van der Waals surface area contributed by atoms with Crippen molar-refractivity contribution in [2.45, 2.75) is 32.2 Å². The van der Waals surface area contributed by atoms with Gasteiger partial charge in [0.15, 0.2) is 0 Å². The van der Waals surface area contributed by atoms with Crippen molar-refractivity contribution in [3.8, 4) is 0 Å². The first-order chi connectivity index (χ1) is 9.67. The first-order valence-electron chi connectivity index (χ1n) is 6.83. The Balaban J connectivity index is 2.56. The van der Waals surface area contributed by atoms with Crippen LogP contribution in [0, 0.1) is 0 Å². The van der Waals surface area contributed by atoms with Crippen molar-refractivity contribution in [3.05, 3.63) is 35.9 Å². The minimum absolute atomic E-state index is 0.343. The van der Waals surface area contributed by atoms with Crippen LogP contribution in [0.2, 0.25) is 0 Å². The predicted octanol–water partition coefficient (Wildman–Crippen LogP) is 1.87. The van der Waals surface area contributed by atoms with Crippen LogP contribution in [0.15, 0.2) is 30.3 Å². The summed E-state index contributed by atoms with van der Waals surface area (Å²) in [5, 5.41) is 5.37. The van der Waals surface area contributed by atoms with Crippen molar-refractivity contribution in [2.75, 3.05) is 13.7 Å². The van der Waals surface area contributed by atoms with Gasteiger partial charge in [-0.25, -0.2) is 9.59 Å². The minimum Gasteiger partial charge on any atom is -0.467 e. The molecule has 5 nitrogen and oxygen atoms in total. The van der Waals surface area contributed by atoms with E-state index in [0.29, 0.717) is 13.0 Å². The molecule has 0 aliphatic carbocycles. The zero-order chi connectivity index (χ0) is 14.8. The number of amides is 2. The number of hydrogen-bond acceptors (Lipinski definition) is 3. The van der Waals surface area contributed by atoms with Crippen molar-refractivity contribution in [2.24, 2.45) is 0 Å². The van der Waals surface area contributed by atoms with Gasteiger partial charge in [-0.1, -0.05) is 43.7 Å². The van der Waals surface area contributed by atoms with Gasteiger partial charge in [-0.3, -0.25) is 0 Å². The molecule has 0 aromatic heterocycles. The van der Waals surface area contributed by atoms with Gasteiger partial charge in [0.25, 0.3) is 0 Å². The van der Waals surface area contributed by atoms with E-state index in [2.05, 4.69) is 10.6 Å². The molecule has 0 aliphatic rings. The number of hydrogen-bond donors (Lipinski definition) is 2. The van der Waals surface area contributed by atoms with Gasteiger partial charge in [-0.15, -0.1) is 0 Å². The Bertz CT molecular complexity index is 420. The second-order valence-corrected chi connectivity index (χ2v) is 4.52. The molecule has 5 heteroatoms. The molecule has 0 fully saturated rings. The van der Waals surface area contributed by atoms with E-state index in [0.717, 1.165) is 18.4 Å². The summed E-state index contributed by atoms with van der Waals surface area (Å²) >= 11 is 0. The van der Waals surface area contributed by atoms with Crippen LogP contribution >= 0.6 is 0 Å². The van der Waals surface area contributed by atoms with Crippen molar-refractivity contribution in [3.63, 3.8) is 0 Å². The van der Waals surface area contributed by atoms with Crippen LogP contribution in [0.25, 0.3) is 0 Å². The van der Waals surface area contributed by atoms with E-state index >= 15 is 0 Å². The van der Waals surface area contributed by atoms with Gasteiger partial charge < -0.3 is 15.4 Å². The normalized spacial score (nSPS) is 11.5. The fraction of sp³-hybridized carbons (Fsp3) is 0.467. The number of benzene rings is 1. The molecular weight excluding hydrogens is 256 g/mol. The molecule has 0 heterocycles. The Kier molecular flexibility index (Phi) is 7.17. The number of methoxy groups -OCH3 is 1. The lowest BCUT2D eigenvalue weighted by molar-refractivity contribution is -0.142. The summed E-state index contributed by atoms with van der Waals surface area (Å²) in [7, 11) is 1.32. The van der Waals surface area contributed by atoms with Crippen LogP contribution in [0.5, 0.6) is 0 Å². The van der Waals surface area contributed by atoms with Gasteiger partial charge >= 0.3 is 12.0 Å². The largest absolute Gasteiger partial charge is 0.467 e. The second-order valence-electron chi connectivity index (χ2n) is 4.52. The zero-order valence-corrected chi connectivity index (χ0v) is 12.0. The molecule has 2 N–H and O–H groups in total. The highest BCUT2D eigenvalue weighted by atomic mass is 16.5. The van der Waals surface area contributed by atoms with E-state index in [1.54, 1.807) is 0 Å². The molecule has 0 saturated carbocycles. The van der Waals surface area contributed by atoms with Crippen LogP contribution in [0.1, 0.15) is 25.3 Å². The summed E-state index contributed by atoms with van der Waals surface area (Å²) in [6.07, 6.45) is 2.33. The maximum atomic E-state index is 11.7. The first kappa shape index (κ1) is 16.0. The predicted molar refractivity (Wildman–Crippen MR) is 77.4 cm³/mol. The van der Waals surface area contributed by atoms with Crippen molar-refractivity contribution >= 4 is 12.0 Å². The quantitative estimate of drug-likeness (QED) is 0.591. The lowest BCUT2D eigenvalue weighted by atomic mass is 10.1. The van der Waals surface area contributed by atoms with Gasteiger partial charge in [-0.2, -0.15) is 0 Å². The van der Waals surface area contributed by atoms with E-state index in [1.807, 2.05) is 37.3 Å². The first-order valence-corrected chi connectivity index (χ1v) is 6.83. The fourth-order valence-corrected chi connectivity index (χ4v) is 1.77. The third kappa shape index (κ3) is 5.73. The van der Waals surface area contributed by atoms with E-state index in [4.69, 9.17) is 4.74 Å². The molecule has 0 bridgehead atoms. The molecule has 2 amide bonds. The summed E-state index contributed by atoms with van der Waals surface area (Å²) in [5.41, 5.74) is 0.969. The summed E-state index contributed by atoms with van der Waals surface area (Å²) < 4.78 is 4.73. The van der Waals surface area contributed by atoms with E-state index < -0.39 is 12.0 Å². The third-order valence-electron chi connectivity index (χ3n) is 2.89. The van der Waals surface area contributed by atoms with Gasteiger partial charge in [0.05, 0.1) is 7.11 Å². The monoisotopic (exact) mass is 278 g/mol. The summed E-state index contributed by atoms with van der Waals surface area (Å²) in [6, 6.07) is 8.49. The van der Waals surface area contributed by atoms with Crippen molar-refractivity contribution < 1.29 is 14.3 Å². The Morgan fingerprint density at radius 3 is 2.55 bits per heavy atom. The molecule has 110 valence electrons. The van der Waals surface area contributed by atoms with Crippen LogP contribution in [-0.4, -0.2) is 31.7 Å². The molecule has 0 unspecified atom stereocenters. The summed E-state index contributed by atoms with van der Waals surface area (Å²) in [6.45, 7) is 2.65. The molecule has 0 aliphatic heterocycles. The molecule has 20 heavy (non-hydrogen) atoms. The molecule has 0 saturated heterocycles. The zero-order valence-electron chi connectivity index (χ0n) is 12.0. The Labute approximate surface area is 119 Å². The van der Waals surface area contributed by atoms with Crippen molar-refractivity contribution in [1.29, 1.82) is 0 Å². The third-order valence-corrected chi connectivity index (χ3v) is 2.89. The van der Waals surface area contributed by atoms with Gasteiger partial charge in [0.1, 0.15) is 6.04 Å². The smallest absolute Gasteiger partial charge is 0.328 e. The Hall–Kier alpha value is -2.04. The number of nitrogens with one attached hydrogen (secondary N) is 2. The van der Waals surface area contributed by atoms with Crippen LogP contribution in [0.3, 0.4) is 0 Å². The number of ether oxygens (including phenoxy) is 1. The highest BCUT2D eigenvalue weighted by Gasteiger charge is 2.21. The van der Waals surface area contributed by atoms with Gasteiger partial charge in [0.2, 0.25) is 0 Å². The SMILES string of the molecule is CCCCNC(=O)N[C@H](Cc1ccccc1)C(=O)OC. The number of carbonyl (C=O) groups is 2. The van der Waals surface area contributed by atoms with E-state index in [1.165, 1.54) is 7.11 Å². The maximum absolute atomic E-state index is 11.7. The number of rotatable bonds is 7. The molecule has 1 rings (SSSR count). The van der Waals surface area contributed by atoms with Gasteiger partial charge in [-0.05, 0) is 12.0 Å². The standard InChI is InChI=1S/C15H22N2O3/c1-3-4-10-16-15(19)17-13(14(18)20-2)11-12-8-6-5-7-9-12/h5-9,13H,3-4,10-11H2,1-2H3,(H2,16,17,19)/t13-/m1/s1. The Morgan fingerprint density at radius 2 is 1.95 bits per heavy atom. The molecular formula is C15H22N2O3. The lowest BCUT2D eigenvalue weighted by Crippen LogP contribution is -2.47. The van der Waals surface area contributed by atoms with E-state index in [-0.39, 0.29) is 6.03 Å². The molecule has 1 aromatic carbocycles. The van der Waals surface area contributed by atoms with E-state index in [9.17, 15) is 9.59 Å². The molecule has 1 aromatic rings. The number of carbonyl (C=O) groups excluding carboxylic acids is 2. The fourth-order valence-electron chi connectivity index (χ4n) is 1.77.